The first-order chi connectivity index (χ1) is 16.2. The van der Waals surface area contributed by atoms with Gasteiger partial charge in [-0.15, -0.1) is 11.3 Å². The quantitative estimate of drug-likeness (QED) is 0.547. The lowest BCUT2D eigenvalue weighted by atomic mass is 9.67. The van der Waals surface area contributed by atoms with Crippen LogP contribution in [0.2, 0.25) is 0 Å². The maximum absolute atomic E-state index is 14.5. The molecule has 4 atom stereocenters. The van der Waals surface area contributed by atoms with Crippen LogP contribution in [0.1, 0.15) is 76.4 Å². The Hall–Kier alpha value is -1.89. The van der Waals surface area contributed by atoms with E-state index in [4.69, 9.17) is 0 Å². The van der Waals surface area contributed by atoms with Crippen molar-refractivity contribution in [2.75, 3.05) is 24.2 Å². The van der Waals surface area contributed by atoms with Crippen LogP contribution in [0.15, 0.2) is 11.4 Å². The molecule has 1 saturated carbocycles. The molecule has 1 aromatic heterocycles. The molecule has 1 aliphatic carbocycles. The van der Waals surface area contributed by atoms with Crippen molar-refractivity contribution in [1.82, 2.24) is 4.31 Å². The molecule has 2 aliphatic rings. The second kappa shape index (κ2) is 10.2. The van der Waals surface area contributed by atoms with Gasteiger partial charge in [-0.1, -0.05) is 32.1 Å². The summed E-state index contributed by atoms with van der Waals surface area (Å²) >= 11 is 1.09. The van der Waals surface area contributed by atoms with E-state index in [0.717, 1.165) is 30.6 Å². The van der Waals surface area contributed by atoms with E-state index >= 15 is 0 Å². The first kappa shape index (κ1) is 27.7. The molecule has 9 heteroatoms. The Labute approximate surface area is 213 Å². The van der Waals surface area contributed by atoms with Crippen molar-refractivity contribution in [2.24, 2.45) is 22.7 Å². The molecule has 0 bridgehead atoms. The first-order valence-corrected chi connectivity index (χ1v) is 15.0. The normalized spacial score (nSPS) is 27.8. The van der Waals surface area contributed by atoms with Crippen LogP contribution in [0.5, 0.6) is 0 Å². The van der Waals surface area contributed by atoms with E-state index < -0.39 is 27.4 Å². The summed E-state index contributed by atoms with van der Waals surface area (Å²) in [6.07, 6.45) is 4.97. The number of amides is 1. The number of carbonyl (C=O) groups excluding carboxylic acids is 1. The molecule has 2 heterocycles. The number of anilines is 1. The Morgan fingerprint density at radius 3 is 2.54 bits per heavy atom. The highest BCUT2D eigenvalue weighted by molar-refractivity contribution is 7.88. The van der Waals surface area contributed by atoms with E-state index in [0.29, 0.717) is 25.1 Å². The van der Waals surface area contributed by atoms with Gasteiger partial charge in [0.25, 0.3) is 0 Å². The first-order valence-electron chi connectivity index (χ1n) is 12.3. The monoisotopic (exact) mass is 522 g/mol. The second-order valence-corrected chi connectivity index (χ2v) is 14.1. The number of thiophene rings is 1. The molecule has 1 aromatic rings. The smallest absolute Gasteiger partial charge is 0.348 e. The zero-order valence-electron chi connectivity index (χ0n) is 21.6. The molecule has 2 fully saturated rings. The lowest BCUT2D eigenvalue weighted by Gasteiger charge is -2.43. The Bertz CT molecular complexity index is 1120. The maximum Gasteiger partial charge on any atom is 0.348 e. The zero-order valence-corrected chi connectivity index (χ0v) is 23.3. The highest BCUT2D eigenvalue weighted by atomic mass is 32.2. The van der Waals surface area contributed by atoms with Gasteiger partial charge in [0.2, 0.25) is 15.9 Å². The molecule has 1 saturated heterocycles. The number of hydrogen-bond donors (Lipinski definition) is 1. The van der Waals surface area contributed by atoms with Crippen LogP contribution in [0.25, 0.3) is 0 Å². The van der Waals surface area contributed by atoms with E-state index in [1.54, 1.807) is 16.3 Å². The van der Waals surface area contributed by atoms with Crippen LogP contribution in [0.3, 0.4) is 0 Å². The van der Waals surface area contributed by atoms with Crippen LogP contribution in [-0.2, 0) is 14.8 Å². The molecule has 35 heavy (non-hydrogen) atoms. The summed E-state index contributed by atoms with van der Waals surface area (Å²) in [5.41, 5.74) is -0.412. The van der Waals surface area contributed by atoms with E-state index in [2.05, 4.69) is 32.6 Å². The number of hydrogen-bond acceptors (Lipinski definition) is 5. The highest BCUT2D eigenvalue weighted by Crippen LogP contribution is 2.46. The fourth-order valence-corrected chi connectivity index (χ4v) is 6.98. The van der Waals surface area contributed by atoms with Gasteiger partial charge in [-0.3, -0.25) is 4.79 Å². The van der Waals surface area contributed by atoms with Crippen molar-refractivity contribution in [1.29, 1.82) is 0 Å². The van der Waals surface area contributed by atoms with Crippen molar-refractivity contribution in [3.8, 4) is 11.8 Å². The van der Waals surface area contributed by atoms with Crippen molar-refractivity contribution < 1.29 is 23.1 Å². The van der Waals surface area contributed by atoms with Crippen LogP contribution >= 0.6 is 11.3 Å². The molecule has 0 spiro atoms. The van der Waals surface area contributed by atoms with Crippen molar-refractivity contribution in [2.45, 2.75) is 72.8 Å². The minimum atomic E-state index is -3.44. The van der Waals surface area contributed by atoms with E-state index in [1.165, 1.54) is 10.6 Å². The van der Waals surface area contributed by atoms with E-state index in [9.17, 15) is 23.1 Å². The standard InChI is InChI=1S/C26H38N2O5S2/c1-7-26(12-8-9-19(15-26)10-13-25(3,4)5)24(31)28(20-11-14-34-22(20)23(29)30)21-17-27(16-18(21)2)35(6,32)33/h11,14,18-19,21H,7-9,12,15-17H2,1-6H3,(H,29,30)/t18-,19?,21-,26?/m0/s1. The van der Waals surface area contributed by atoms with Crippen LogP contribution in [0, 0.1) is 34.5 Å². The molecular formula is C26H38N2O5S2. The van der Waals surface area contributed by atoms with Crippen molar-refractivity contribution in [3.63, 3.8) is 0 Å². The molecule has 1 aliphatic heterocycles. The van der Waals surface area contributed by atoms with E-state index in [1.807, 2.05) is 13.8 Å². The predicted octanol–water partition coefficient (Wildman–Crippen LogP) is 4.70. The fraction of sp³-hybridized carbons (Fsp3) is 0.692. The fourth-order valence-electron chi connectivity index (χ4n) is 5.33. The molecule has 2 unspecified atom stereocenters. The summed E-state index contributed by atoms with van der Waals surface area (Å²) in [6, 6.07) is 1.25. The highest BCUT2D eigenvalue weighted by Gasteiger charge is 2.49. The Kier molecular flexibility index (Phi) is 8.10. The molecular weight excluding hydrogens is 484 g/mol. The number of carboxylic acid groups (broad SMARTS) is 1. The number of nitrogens with zero attached hydrogens (tertiary/aromatic N) is 2. The average molecular weight is 523 g/mol. The van der Waals surface area contributed by atoms with Crippen LogP contribution < -0.4 is 4.90 Å². The van der Waals surface area contributed by atoms with Gasteiger partial charge in [-0.25, -0.2) is 13.2 Å². The summed E-state index contributed by atoms with van der Waals surface area (Å²) in [4.78, 5) is 28.3. The maximum atomic E-state index is 14.5. The number of carboxylic acids is 1. The van der Waals surface area contributed by atoms with Gasteiger partial charge < -0.3 is 10.0 Å². The van der Waals surface area contributed by atoms with Gasteiger partial charge >= 0.3 is 5.97 Å². The number of aromatic carboxylic acids is 1. The van der Waals surface area contributed by atoms with Gasteiger partial charge in [0, 0.05) is 24.4 Å². The molecule has 1 amide bonds. The molecule has 0 aromatic carbocycles. The minimum absolute atomic E-state index is 0.101. The summed E-state index contributed by atoms with van der Waals surface area (Å²) in [6.45, 7) is 10.6. The molecule has 1 N–H and O–H groups in total. The van der Waals surface area contributed by atoms with Gasteiger partial charge in [0.05, 0.1) is 23.4 Å². The van der Waals surface area contributed by atoms with Crippen LogP contribution in [0.4, 0.5) is 5.69 Å². The molecule has 0 radical (unpaired) electrons. The number of sulfonamides is 1. The summed E-state index contributed by atoms with van der Waals surface area (Å²) in [7, 11) is -3.44. The number of rotatable bonds is 6. The van der Waals surface area contributed by atoms with Crippen LogP contribution in [-0.4, -0.2) is 55.1 Å². The third-order valence-corrected chi connectivity index (χ3v) is 9.41. The third kappa shape index (κ3) is 6.10. The van der Waals surface area contributed by atoms with Gasteiger partial charge in [-0.05, 0) is 63.8 Å². The summed E-state index contributed by atoms with van der Waals surface area (Å²) in [5.74, 6) is 5.53. The topological polar surface area (TPSA) is 95.0 Å². The van der Waals surface area contributed by atoms with Gasteiger partial charge in [0.1, 0.15) is 4.88 Å². The Morgan fingerprint density at radius 1 is 1.31 bits per heavy atom. The Morgan fingerprint density at radius 2 is 2.00 bits per heavy atom. The summed E-state index contributed by atoms with van der Waals surface area (Å²) in [5, 5.41) is 11.5. The lowest BCUT2D eigenvalue weighted by molar-refractivity contribution is -0.131. The molecule has 194 valence electrons. The SMILES string of the molecule is CCC1(C(=O)N(c2ccsc2C(=O)O)[C@H]2CN(S(C)(=O)=O)C[C@@H]2C)CCCC(C#CC(C)(C)C)C1. The van der Waals surface area contributed by atoms with Gasteiger partial charge in [-0.2, -0.15) is 4.31 Å². The predicted molar refractivity (Wildman–Crippen MR) is 140 cm³/mol. The average Bonchev–Trinajstić information content (AvgIpc) is 3.40. The minimum Gasteiger partial charge on any atom is -0.477 e. The lowest BCUT2D eigenvalue weighted by Crippen LogP contribution is -2.53. The number of carbonyl (C=O) groups is 2. The molecule has 3 rings (SSSR count). The summed E-state index contributed by atoms with van der Waals surface area (Å²) < 4.78 is 26.0. The van der Waals surface area contributed by atoms with Crippen molar-refractivity contribution >= 4 is 38.9 Å². The third-order valence-electron chi connectivity index (χ3n) is 7.28. The molecule has 7 nitrogen and oxygen atoms in total. The Balaban J connectivity index is 2.05. The van der Waals surface area contributed by atoms with E-state index in [-0.39, 0.29) is 34.6 Å². The van der Waals surface area contributed by atoms with Gasteiger partial charge in [0.15, 0.2) is 0 Å². The second-order valence-electron chi connectivity index (χ2n) is 11.2. The largest absolute Gasteiger partial charge is 0.477 e. The van der Waals surface area contributed by atoms with Crippen molar-refractivity contribution in [3.05, 3.63) is 16.3 Å². The zero-order chi connectivity index (χ0) is 26.2.